The first-order chi connectivity index (χ1) is 10.1. The van der Waals surface area contributed by atoms with Gasteiger partial charge in [0, 0.05) is 6.07 Å². The summed E-state index contributed by atoms with van der Waals surface area (Å²) in [6, 6.07) is 5.51. The van der Waals surface area contributed by atoms with E-state index >= 15 is 0 Å². The zero-order valence-electron chi connectivity index (χ0n) is 11.3. The fourth-order valence-corrected chi connectivity index (χ4v) is 2.33. The van der Waals surface area contributed by atoms with Gasteiger partial charge in [0.2, 0.25) is 11.2 Å². The minimum Gasteiger partial charge on any atom is -0.508 e. The third kappa shape index (κ3) is 1.84. The molecule has 0 amide bonds. The number of aromatic hydroxyl groups is 2. The summed E-state index contributed by atoms with van der Waals surface area (Å²) in [7, 11) is 2.72. The van der Waals surface area contributed by atoms with Gasteiger partial charge in [-0.05, 0) is 18.2 Å². The molecule has 0 aliphatic heterocycles. The van der Waals surface area contributed by atoms with Gasteiger partial charge in [0.1, 0.15) is 22.3 Å². The van der Waals surface area contributed by atoms with Crippen LogP contribution in [0.4, 0.5) is 0 Å². The highest BCUT2D eigenvalue weighted by atomic mass is 16.5. The summed E-state index contributed by atoms with van der Waals surface area (Å²) in [5.41, 5.74) is 0.0996. The minimum absolute atomic E-state index is 0.0427. The molecular weight excluding hydrogens is 276 g/mol. The molecule has 0 aliphatic carbocycles. The van der Waals surface area contributed by atoms with Crippen LogP contribution in [0.25, 0.3) is 21.9 Å². The maximum Gasteiger partial charge on any atom is 0.204 e. The number of ether oxygens (including phenoxy) is 2. The summed E-state index contributed by atoms with van der Waals surface area (Å²) in [6.07, 6.45) is 0. The van der Waals surface area contributed by atoms with Crippen molar-refractivity contribution in [2.45, 2.75) is 0 Å². The second-order valence-electron chi connectivity index (χ2n) is 4.45. The highest BCUT2D eigenvalue weighted by Gasteiger charge is 2.20. The van der Waals surface area contributed by atoms with Gasteiger partial charge < -0.3 is 24.1 Å². The first kappa shape index (κ1) is 13.1. The van der Waals surface area contributed by atoms with Crippen LogP contribution in [0.5, 0.6) is 23.0 Å². The summed E-state index contributed by atoms with van der Waals surface area (Å²) in [5.74, 6) is -0.0923. The molecule has 0 aliphatic rings. The molecule has 21 heavy (non-hydrogen) atoms. The van der Waals surface area contributed by atoms with Crippen LogP contribution in [-0.2, 0) is 0 Å². The Labute approximate surface area is 118 Å². The van der Waals surface area contributed by atoms with Crippen LogP contribution in [0, 0.1) is 0 Å². The van der Waals surface area contributed by atoms with E-state index in [9.17, 15) is 15.0 Å². The lowest BCUT2D eigenvalue weighted by molar-refractivity contribution is 0.335. The van der Waals surface area contributed by atoms with Gasteiger partial charge >= 0.3 is 0 Å². The predicted molar refractivity (Wildman–Crippen MR) is 76.4 cm³/mol. The lowest BCUT2D eigenvalue weighted by Crippen LogP contribution is -2.05. The van der Waals surface area contributed by atoms with Gasteiger partial charge in [-0.1, -0.05) is 0 Å². The Bertz CT molecular complexity index is 910. The van der Waals surface area contributed by atoms with Crippen molar-refractivity contribution in [2.75, 3.05) is 14.2 Å². The molecule has 3 rings (SSSR count). The average molecular weight is 288 g/mol. The number of benzene rings is 2. The monoisotopic (exact) mass is 288 g/mol. The SMILES string of the molecule is COc1c(O)cc2oc3ccc(O)cc3c(=O)c2c1OC. The number of methoxy groups -OCH3 is 2. The van der Waals surface area contributed by atoms with Crippen LogP contribution in [0.1, 0.15) is 0 Å². The van der Waals surface area contributed by atoms with Gasteiger partial charge in [0.25, 0.3) is 0 Å². The zero-order chi connectivity index (χ0) is 15.1. The smallest absolute Gasteiger partial charge is 0.204 e. The van der Waals surface area contributed by atoms with E-state index < -0.39 is 0 Å². The molecular formula is C15H12O6. The van der Waals surface area contributed by atoms with Crippen molar-refractivity contribution in [1.82, 2.24) is 0 Å². The van der Waals surface area contributed by atoms with Gasteiger partial charge in [-0.3, -0.25) is 4.79 Å². The topological polar surface area (TPSA) is 89.1 Å². The molecule has 2 N–H and O–H groups in total. The van der Waals surface area contributed by atoms with Crippen molar-refractivity contribution in [3.05, 3.63) is 34.5 Å². The molecule has 0 saturated heterocycles. The van der Waals surface area contributed by atoms with Gasteiger partial charge in [-0.15, -0.1) is 0 Å². The fraction of sp³-hybridized carbons (Fsp3) is 0.133. The molecule has 1 heterocycles. The second-order valence-corrected chi connectivity index (χ2v) is 4.45. The van der Waals surface area contributed by atoms with Crippen molar-refractivity contribution in [3.63, 3.8) is 0 Å². The lowest BCUT2D eigenvalue weighted by atomic mass is 10.1. The van der Waals surface area contributed by atoms with Crippen LogP contribution in [0.3, 0.4) is 0 Å². The fourth-order valence-electron chi connectivity index (χ4n) is 2.33. The first-order valence-electron chi connectivity index (χ1n) is 6.10. The molecule has 0 unspecified atom stereocenters. The van der Waals surface area contributed by atoms with Crippen LogP contribution in [0.15, 0.2) is 33.5 Å². The zero-order valence-corrected chi connectivity index (χ0v) is 11.3. The Hall–Kier alpha value is -2.89. The van der Waals surface area contributed by atoms with Crippen LogP contribution in [-0.4, -0.2) is 24.4 Å². The van der Waals surface area contributed by atoms with Gasteiger partial charge in [0.05, 0.1) is 19.6 Å². The van der Waals surface area contributed by atoms with Gasteiger partial charge in [-0.25, -0.2) is 0 Å². The third-order valence-corrected chi connectivity index (χ3v) is 3.24. The number of rotatable bonds is 2. The van der Waals surface area contributed by atoms with Crippen molar-refractivity contribution in [2.24, 2.45) is 0 Å². The quantitative estimate of drug-likeness (QED) is 0.704. The Morgan fingerprint density at radius 1 is 1.00 bits per heavy atom. The molecule has 0 fully saturated rings. The molecule has 6 heteroatoms. The van der Waals surface area contributed by atoms with Crippen LogP contribution >= 0.6 is 0 Å². The molecule has 6 nitrogen and oxygen atoms in total. The molecule has 1 aromatic heterocycles. The van der Waals surface area contributed by atoms with Crippen LogP contribution in [0.2, 0.25) is 0 Å². The third-order valence-electron chi connectivity index (χ3n) is 3.24. The first-order valence-corrected chi connectivity index (χ1v) is 6.10. The van der Waals surface area contributed by atoms with Gasteiger partial charge in [0.15, 0.2) is 11.5 Å². The Balaban J connectivity index is 2.58. The molecule has 2 aromatic carbocycles. The number of phenolic OH excluding ortho intramolecular Hbond substituents is 2. The number of phenols is 2. The van der Waals surface area contributed by atoms with E-state index in [1.165, 1.54) is 38.5 Å². The van der Waals surface area contributed by atoms with E-state index in [0.29, 0.717) is 5.58 Å². The summed E-state index contributed by atoms with van der Waals surface area (Å²) in [6.45, 7) is 0. The van der Waals surface area contributed by atoms with E-state index in [1.807, 2.05) is 0 Å². The number of hydrogen-bond acceptors (Lipinski definition) is 6. The minimum atomic E-state index is -0.377. The summed E-state index contributed by atoms with van der Waals surface area (Å²) in [5, 5.41) is 19.8. The highest BCUT2D eigenvalue weighted by molar-refractivity contribution is 5.96. The molecule has 0 radical (unpaired) electrons. The molecule has 0 atom stereocenters. The Morgan fingerprint density at radius 3 is 2.38 bits per heavy atom. The standard InChI is InChI=1S/C15H12O6/c1-19-14-9(17)6-11-12(15(14)20-2)13(18)8-5-7(16)3-4-10(8)21-11/h3-6,16-17H,1-2H3. The molecule has 0 spiro atoms. The van der Waals surface area contributed by atoms with E-state index in [0.717, 1.165) is 0 Å². The summed E-state index contributed by atoms with van der Waals surface area (Å²) < 4.78 is 15.8. The van der Waals surface area contributed by atoms with E-state index in [1.54, 1.807) is 0 Å². The average Bonchev–Trinajstić information content (AvgIpc) is 2.47. The molecule has 0 bridgehead atoms. The van der Waals surface area contributed by atoms with Crippen LogP contribution < -0.4 is 14.9 Å². The summed E-state index contributed by atoms with van der Waals surface area (Å²) >= 11 is 0. The summed E-state index contributed by atoms with van der Waals surface area (Å²) in [4.78, 5) is 12.6. The molecule has 108 valence electrons. The predicted octanol–water partition coefficient (Wildman–Crippen LogP) is 2.37. The van der Waals surface area contributed by atoms with Crippen molar-refractivity contribution in [1.29, 1.82) is 0 Å². The van der Waals surface area contributed by atoms with Crippen molar-refractivity contribution < 1.29 is 24.1 Å². The maximum absolute atomic E-state index is 12.6. The van der Waals surface area contributed by atoms with E-state index in [4.69, 9.17) is 13.9 Å². The van der Waals surface area contributed by atoms with E-state index in [-0.39, 0.29) is 44.8 Å². The van der Waals surface area contributed by atoms with Crippen molar-refractivity contribution in [3.8, 4) is 23.0 Å². The second kappa shape index (κ2) is 4.59. The maximum atomic E-state index is 12.6. The largest absolute Gasteiger partial charge is 0.508 e. The van der Waals surface area contributed by atoms with Gasteiger partial charge in [-0.2, -0.15) is 0 Å². The van der Waals surface area contributed by atoms with E-state index in [2.05, 4.69) is 0 Å². The molecule has 0 saturated carbocycles. The van der Waals surface area contributed by atoms with Crippen molar-refractivity contribution >= 4 is 21.9 Å². The normalized spacial score (nSPS) is 11.0. The lowest BCUT2D eigenvalue weighted by Gasteiger charge is -2.12. The Kier molecular flexibility index (Phi) is 2.86. The molecule has 3 aromatic rings. The number of fused-ring (bicyclic) bond motifs is 2. The highest BCUT2D eigenvalue weighted by Crippen LogP contribution is 2.42. The number of hydrogen-bond donors (Lipinski definition) is 2. The Morgan fingerprint density at radius 2 is 1.71 bits per heavy atom.